The second kappa shape index (κ2) is 57.7. The van der Waals surface area contributed by atoms with Gasteiger partial charge >= 0.3 is 39.5 Å². The van der Waals surface area contributed by atoms with E-state index in [1.807, 2.05) is 0 Å². The summed E-state index contributed by atoms with van der Waals surface area (Å²) in [5.74, 6) is -0.0308. The summed E-state index contributed by atoms with van der Waals surface area (Å²) < 4.78 is 68.0. The quantitative estimate of drug-likeness (QED) is 0.0169. The second-order valence-corrected chi connectivity index (χ2v) is 27.6. The minimum Gasteiger partial charge on any atom is -0.462 e. The number of phosphoric ester groups is 2. The fourth-order valence-corrected chi connectivity index (χ4v) is 11.0. The van der Waals surface area contributed by atoms with Gasteiger partial charge in [-0.15, -0.1) is 0 Å². The van der Waals surface area contributed by atoms with Gasteiger partial charge in [0.15, 0.2) is 12.2 Å². The van der Waals surface area contributed by atoms with Gasteiger partial charge in [-0.25, -0.2) is 9.13 Å². The van der Waals surface area contributed by atoms with Crippen molar-refractivity contribution >= 4 is 39.5 Å². The Labute approximate surface area is 522 Å². The third-order valence-corrected chi connectivity index (χ3v) is 17.0. The van der Waals surface area contributed by atoms with Gasteiger partial charge in [0.2, 0.25) is 0 Å². The number of ether oxygens (including phenoxy) is 4. The van der Waals surface area contributed by atoms with Crippen LogP contribution < -0.4 is 0 Å². The SMILES string of the molecule is CCCCCC/C=C\C=C/CCCCCCCC(=O)OC[C@H](COP(=O)(O)OCC(O)COP(=O)(O)OC[C@@H](COC(=O)CCCCCCCCCC(C)C)OC(=O)CCCCCCCCC(C)C)OC(=O)CCCCCCCCCCC(C)CC. The van der Waals surface area contributed by atoms with E-state index < -0.39 is 97.5 Å². The summed E-state index contributed by atoms with van der Waals surface area (Å²) in [5.41, 5.74) is 0. The Hall–Kier alpha value is -2.46. The molecular weight excluding hydrogens is 1140 g/mol. The van der Waals surface area contributed by atoms with Crippen molar-refractivity contribution in [1.82, 2.24) is 0 Å². The number of carbonyl (C=O) groups is 4. The van der Waals surface area contributed by atoms with Crippen molar-refractivity contribution in [2.75, 3.05) is 39.6 Å². The molecule has 0 rings (SSSR count). The molecule has 0 aromatic heterocycles. The molecule has 0 aliphatic carbocycles. The second-order valence-electron chi connectivity index (χ2n) is 24.7. The van der Waals surface area contributed by atoms with Crippen LogP contribution in [0.15, 0.2) is 24.3 Å². The molecule has 0 saturated carbocycles. The van der Waals surface area contributed by atoms with E-state index in [1.54, 1.807) is 0 Å². The molecule has 0 radical (unpaired) electrons. The van der Waals surface area contributed by atoms with Gasteiger partial charge in [0.25, 0.3) is 0 Å². The molecule has 506 valence electrons. The third kappa shape index (κ3) is 59.2. The zero-order valence-corrected chi connectivity index (χ0v) is 57.0. The Morgan fingerprint density at radius 3 is 1.03 bits per heavy atom. The molecule has 0 aromatic rings. The molecule has 17 nitrogen and oxygen atoms in total. The van der Waals surface area contributed by atoms with Gasteiger partial charge in [0.1, 0.15) is 19.3 Å². The standard InChI is InChI=1S/C67H126O17P2/c1-8-10-11-12-13-14-15-16-17-18-19-20-26-34-41-48-64(69)77-54-62(83-66(71)50-43-36-27-22-21-25-33-40-47-60(7)9-2)56-81-85(73,74)79-52-61(68)53-80-86(75,76)82-57-63(84-67(72)51-44-37-30-29-32-39-46-59(5)6)55-78-65(70)49-42-35-28-23-24-31-38-45-58(3)4/h14-17,58-63,68H,8-13,18-57H2,1-7H3,(H,73,74)(H,75,76)/b15-14-,17-16-/t60?,61?,62-,63-/m1/s1. The van der Waals surface area contributed by atoms with Crippen molar-refractivity contribution in [1.29, 1.82) is 0 Å². The molecule has 0 heterocycles. The molecule has 0 bridgehead atoms. The average molecular weight is 1270 g/mol. The molecular formula is C67H126O17P2. The van der Waals surface area contributed by atoms with E-state index in [0.717, 1.165) is 121 Å². The van der Waals surface area contributed by atoms with Crippen LogP contribution in [-0.2, 0) is 65.4 Å². The number of allylic oxidation sites excluding steroid dienone is 4. The molecule has 0 fully saturated rings. The van der Waals surface area contributed by atoms with Crippen molar-refractivity contribution in [2.24, 2.45) is 17.8 Å². The number of esters is 4. The first-order valence-electron chi connectivity index (χ1n) is 34.2. The van der Waals surface area contributed by atoms with Crippen LogP contribution in [0, 0.1) is 17.8 Å². The summed E-state index contributed by atoms with van der Waals surface area (Å²) in [6.07, 6.45) is 42.8. The van der Waals surface area contributed by atoms with E-state index in [-0.39, 0.29) is 25.7 Å². The smallest absolute Gasteiger partial charge is 0.462 e. The Kier molecular flexibility index (Phi) is 56.0. The molecule has 3 N–H and O–H groups in total. The predicted molar refractivity (Wildman–Crippen MR) is 344 cm³/mol. The number of aliphatic hydroxyl groups excluding tert-OH is 1. The first-order chi connectivity index (χ1) is 41.3. The summed E-state index contributed by atoms with van der Waals surface area (Å²) >= 11 is 0. The summed E-state index contributed by atoms with van der Waals surface area (Å²) in [7, 11) is -9.90. The molecule has 86 heavy (non-hydrogen) atoms. The monoisotopic (exact) mass is 1260 g/mol. The van der Waals surface area contributed by atoms with Gasteiger partial charge in [-0.1, -0.05) is 253 Å². The minimum atomic E-state index is -4.96. The molecule has 4 unspecified atom stereocenters. The van der Waals surface area contributed by atoms with Crippen LogP contribution in [0.4, 0.5) is 0 Å². The Bertz CT molecular complexity index is 1790. The van der Waals surface area contributed by atoms with Crippen molar-refractivity contribution in [3.63, 3.8) is 0 Å². The lowest BCUT2D eigenvalue weighted by atomic mass is 9.99. The van der Waals surface area contributed by atoms with Gasteiger partial charge in [-0.3, -0.25) is 37.3 Å². The lowest BCUT2D eigenvalue weighted by Crippen LogP contribution is -2.30. The van der Waals surface area contributed by atoms with Crippen LogP contribution in [0.5, 0.6) is 0 Å². The van der Waals surface area contributed by atoms with E-state index in [4.69, 9.17) is 37.0 Å². The fourth-order valence-electron chi connectivity index (χ4n) is 9.44. The molecule has 0 aliphatic heterocycles. The summed E-state index contributed by atoms with van der Waals surface area (Å²) in [6.45, 7) is 11.6. The zero-order valence-electron chi connectivity index (χ0n) is 55.3. The third-order valence-electron chi connectivity index (χ3n) is 15.1. The number of unbranched alkanes of at least 4 members (excludes halogenated alkanes) is 27. The zero-order chi connectivity index (χ0) is 63.8. The first kappa shape index (κ1) is 83.5. The fraction of sp³-hybridized carbons (Fsp3) is 0.881. The maximum absolute atomic E-state index is 13.0. The van der Waals surface area contributed by atoms with Crippen LogP contribution in [0.2, 0.25) is 0 Å². The molecule has 0 aliphatic rings. The lowest BCUT2D eigenvalue weighted by molar-refractivity contribution is -0.161. The van der Waals surface area contributed by atoms with Crippen molar-refractivity contribution in [3.05, 3.63) is 24.3 Å². The van der Waals surface area contributed by atoms with E-state index in [1.165, 1.54) is 89.9 Å². The van der Waals surface area contributed by atoms with E-state index in [2.05, 4.69) is 72.8 Å². The number of phosphoric acid groups is 2. The highest BCUT2D eigenvalue weighted by molar-refractivity contribution is 7.47. The molecule has 0 saturated heterocycles. The highest BCUT2D eigenvalue weighted by Crippen LogP contribution is 2.45. The Morgan fingerprint density at radius 1 is 0.384 bits per heavy atom. The van der Waals surface area contributed by atoms with Crippen LogP contribution in [0.25, 0.3) is 0 Å². The van der Waals surface area contributed by atoms with Gasteiger partial charge in [-0.2, -0.15) is 0 Å². The van der Waals surface area contributed by atoms with Crippen LogP contribution in [0.1, 0.15) is 305 Å². The highest BCUT2D eigenvalue weighted by Gasteiger charge is 2.30. The van der Waals surface area contributed by atoms with Gasteiger partial charge in [-0.05, 0) is 69.1 Å². The maximum Gasteiger partial charge on any atom is 0.472 e. The van der Waals surface area contributed by atoms with E-state index in [9.17, 15) is 43.2 Å². The normalized spacial score (nSPS) is 14.8. The maximum atomic E-state index is 13.0. The topological polar surface area (TPSA) is 237 Å². The van der Waals surface area contributed by atoms with Crippen molar-refractivity contribution in [2.45, 2.75) is 324 Å². The molecule has 0 spiro atoms. The van der Waals surface area contributed by atoms with Crippen LogP contribution in [0.3, 0.4) is 0 Å². The number of hydrogen-bond donors (Lipinski definition) is 3. The molecule has 19 heteroatoms. The largest absolute Gasteiger partial charge is 0.472 e. The molecule has 6 atom stereocenters. The highest BCUT2D eigenvalue weighted by atomic mass is 31.2. The minimum absolute atomic E-state index is 0.0974. The van der Waals surface area contributed by atoms with Crippen molar-refractivity contribution < 1.29 is 80.2 Å². The van der Waals surface area contributed by atoms with E-state index >= 15 is 0 Å². The molecule has 0 amide bonds. The average Bonchev–Trinajstić information content (AvgIpc) is 3.68. The molecule has 0 aromatic carbocycles. The summed E-state index contributed by atoms with van der Waals surface area (Å²) in [4.78, 5) is 72.3. The predicted octanol–water partition coefficient (Wildman–Crippen LogP) is 18.2. The van der Waals surface area contributed by atoms with Gasteiger partial charge in [0.05, 0.1) is 26.4 Å². The summed E-state index contributed by atoms with van der Waals surface area (Å²) in [5, 5.41) is 10.5. The first-order valence-corrected chi connectivity index (χ1v) is 37.2. The van der Waals surface area contributed by atoms with Crippen molar-refractivity contribution in [3.8, 4) is 0 Å². The number of hydrogen-bond acceptors (Lipinski definition) is 15. The lowest BCUT2D eigenvalue weighted by Gasteiger charge is -2.21. The Balaban J connectivity index is 5.27. The van der Waals surface area contributed by atoms with Gasteiger partial charge in [0, 0.05) is 25.7 Å². The Morgan fingerprint density at radius 2 is 0.686 bits per heavy atom. The van der Waals surface area contributed by atoms with Crippen LogP contribution in [-0.4, -0.2) is 96.7 Å². The summed E-state index contributed by atoms with van der Waals surface area (Å²) in [6, 6.07) is 0. The van der Waals surface area contributed by atoms with Crippen LogP contribution >= 0.6 is 15.6 Å². The van der Waals surface area contributed by atoms with Gasteiger partial charge < -0.3 is 33.8 Å². The number of aliphatic hydroxyl groups is 1. The van der Waals surface area contributed by atoms with E-state index in [0.29, 0.717) is 37.5 Å². The number of rotatable bonds is 63. The number of carbonyl (C=O) groups excluding carboxylic acids is 4.